The van der Waals surface area contributed by atoms with Gasteiger partial charge in [-0.05, 0) is 6.42 Å². The van der Waals surface area contributed by atoms with Crippen LogP contribution in [0.1, 0.15) is 13.3 Å². The van der Waals surface area contributed by atoms with Crippen LogP contribution in [0.2, 0.25) is 0 Å². The van der Waals surface area contributed by atoms with Gasteiger partial charge >= 0.3 is 0 Å². The van der Waals surface area contributed by atoms with Crippen LogP contribution in [0.25, 0.3) is 10.8 Å². The molecule has 0 bridgehead atoms. The number of hydrazone groups is 1. The first-order chi connectivity index (χ1) is 7.42. The maximum Gasteiger partial charge on any atom is 0.176 e. The summed E-state index contributed by atoms with van der Waals surface area (Å²) in [6.07, 6.45) is 4.43. The highest BCUT2D eigenvalue weighted by molar-refractivity contribution is 5.90. The van der Waals surface area contributed by atoms with Crippen molar-refractivity contribution in [1.82, 2.24) is 10.2 Å². The molecular formula is C11H12N4. The van der Waals surface area contributed by atoms with E-state index in [0.717, 1.165) is 17.2 Å². The fourth-order valence-corrected chi connectivity index (χ4v) is 1.31. The molecule has 15 heavy (non-hydrogen) atoms. The van der Waals surface area contributed by atoms with E-state index >= 15 is 0 Å². The summed E-state index contributed by atoms with van der Waals surface area (Å²) in [5.74, 6) is 0.692. The second-order valence-corrected chi connectivity index (χ2v) is 3.11. The lowest BCUT2D eigenvalue weighted by atomic mass is 10.2. The normalized spacial score (nSPS) is 11.0. The Morgan fingerprint density at radius 3 is 3.13 bits per heavy atom. The van der Waals surface area contributed by atoms with Crippen LogP contribution in [-0.2, 0) is 0 Å². The summed E-state index contributed by atoms with van der Waals surface area (Å²) in [6.45, 7) is 2.03. The Balaban J connectivity index is 2.38. The quantitative estimate of drug-likeness (QED) is 0.611. The van der Waals surface area contributed by atoms with Gasteiger partial charge in [-0.2, -0.15) is 10.2 Å². The number of rotatable bonds is 3. The second-order valence-electron chi connectivity index (χ2n) is 3.11. The Hall–Kier alpha value is -1.97. The highest BCUT2D eigenvalue weighted by Gasteiger charge is 1.99. The standard InChI is InChI=1S/C11H12N4/c1-2-7-12-14-11-10-6-4-3-5-9(10)8-13-15-11/h3-8H,2H2,1H3,(H,14,15)/b12-7+. The first-order valence-electron chi connectivity index (χ1n) is 4.89. The zero-order chi connectivity index (χ0) is 10.5. The van der Waals surface area contributed by atoms with E-state index in [4.69, 9.17) is 0 Å². The van der Waals surface area contributed by atoms with Crippen LogP contribution < -0.4 is 5.43 Å². The molecule has 1 heterocycles. The predicted octanol–water partition coefficient (Wildman–Crippen LogP) is 2.44. The summed E-state index contributed by atoms with van der Waals surface area (Å²) < 4.78 is 0. The first-order valence-corrected chi connectivity index (χ1v) is 4.89. The molecule has 76 valence electrons. The van der Waals surface area contributed by atoms with Crippen LogP contribution >= 0.6 is 0 Å². The Kier molecular flexibility index (Phi) is 2.88. The van der Waals surface area contributed by atoms with Gasteiger partial charge in [-0.15, -0.1) is 5.10 Å². The molecule has 0 fully saturated rings. The Morgan fingerprint density at radius 2 is 2.27 bits per heavy atom. The molecule has 1 aromatic carbocycles. The lowest BCUT2D eigenvalue weighted by molar-refractivity contribution is 1.04. The zero-order valence-electron chi connectivity index (χ0n) is 8.51. The fraction of sp³-hybridized carbons (Fsp3) is 0.182. The van der Waals surface area contributed by atoms with Gasteiger partial charge in [0, 0.05) is 17.0 Å². The average Bonchev–Trinajstić information content (AvgIpc) is 2.30. The van der Waals surface area contributed by atoms with Gasteiger partial charge in [0.2, 0.25) is 0 Å². The van der Waals surface area contributed by atoms with Crippen molar-refractivity contribution in [3.8, 4) is 0 Å². The molecule has 0 radical (unpaired) electrons. The van der Waals surface area contributed by atoms with Crippen LogP contribution in [-0.4, -0.2) is 16.4 Å². The molecule has 4 heteroatoms. The van der Waals surface area contributed by atoms with Crippen molar-refractivity contribution in [2.24, 2.45) is 5.10 Å². The Bertz CT molecular complexity index is 473. The van der Waals surface area contributed by atoms with Crippen molar-refractivity contribution < 1.29 is 0 Å². The number of fused-ring (bicyclic) bond motifs is 1. The minimum atomic E-state index is 0.692. The van der Waals surface area contributed by atoms with Crippen LogP contribution in [0, 0.1) is 0 Å². The lowest BCUT2D eigenvalue weighted by Crippen LogP contribution is -1.95. The van der Waals surface area contributed by atoms with E-state index in [1.807, 2.05) is 31.2 Å². The van der Waals surface area contributed by atoms with Crippen molar-refractivity contribution in [2.45, 2.75) is 13.3 Å². The third-order valence-electron chi connectivity index (χ3n) is 2.01. The fourth-order valence-electron chi connectivity index (χ4n) is 1.31. The maximum atomic E-state index is 4.03. The van der Waals surface area contributed by atoms with Gasteiger partial charge in [-0.25, -0.2) is 0 Å². The highest BCUT2D eigenvalue weighted by Crippen LogP contribution is 2.18. The minimum Gasteiger partial charge on any atom is -0.260 e. The van der Waals surface area contributed by atoms with Gasteiger partial charge in [0.05, 0.1) is 6.20 Å². The highest BCUT2D eigenvalue weighted by atomic mass is 15.3. The monoisotopic (exact) mass is 200 g/mol. The van der Waals surface area contributed by atoms with E-state index in [1.165, 1.54) is 0 Å². The SMILES string of the molecule is CC/C=N/Nc1nncc2ccccc12. The molecule has 0 aliphatic heterocycles. The van der Waals surface area contributed by atoms with Crippen LogP contribution in [0.5, 0.6) is 0 Å². The molecule has 0 saturated heterocycles. The van der Waals surface area contributed by atoms with Crippen LogP contribution in [0.3, 0.4) is 0 Å². The van der Waals surface area contributed by atoms with E-state index in [1.54, 1.807) is 12.4 Å². The third-order valence-corrected chi connectivity index (χ3v) is 2.01. The summed E-state index contributed by atoms with van der Waals surface area (Å²) in [7, 11) is 0. The molecule has 0 saturated carbocycles. The molecular weight excluding hydrogens is 188 g/mol. The number of aromatic nitrogens is 2. The van der Waals surface area contributed by atoms with Gasteiger partial charge < -0.3 is 0 Å². The number of nitrogens with one attached hydrogen (secondary N) is 1. The molecule has 2 aromatic rings. The first kappa shape index (κ1) is 9.58. The zero-order valence-corrected chi connectivity index (χ0v) is 8.51. The average molecular weight is 200 g/mol. The van der Waals surface area contributed by atoms with E-state index in [2.05, 4.69) is 20.7 Å². The largest absolute Gasteiger partial charge is 0.260 e. The second kappa shape index (κ2) is 4.50. The molecule has 0 aliphatic rings. The Labute approximate surface area is 88.0 Å². The van der Waals surface area contributed by atoms with E-state index in [-0.39, 0.29) is 0 Å². The van der Waals surface area contributed by atoms with Gasteiger partial charge in [-0.1, -0.05) is 31.2 Å². The number of anilines is 1. The lowest BCUT2D eigenvalue weighted by Gasteiger charge is -2.02. The minimum absolute atomic E-state index is 0.692. The molecule has 0 spiro atoms. The molecule has 0 amide bonds. The molecule has 0 unspecified atom stereocenters. The molecule has 1 N–H and O–H groups in total. The molecule has 2 rings (SSSR count). The summed E-state index contributed by atoms with van der Waals surface area (Å²) in [4.78, 5) is 0. The number of benzene rings is 1. The summed E-state index contributed by atoms with van der Waals surface area (Å²) in [5, 5.41) is 14.0. The maximum absolute atomic E-state index is 4.03. The summed E-state index contributed by atoms with van der Waals surface area (Å²) >= 11 is 0. The third kappa shape index (κ3) is 2.10. The van der Waals surface area contributed by atoms with Crippen molar-refractivity contribution >= 4 is 22.8 Å². The van der Waals surface area contributed by atoms with Gasteiger partial charge in [-0.3, -0.25) is 5.43 Å². The predicted molar refractivity (Wildman–Crippen MR) is 61.9 cm³/mol. The van der Waals surface area contributed by atoms with E-state index < -0.39 is 0 Å². The number of nitrogens with zero attached hydrogens (tertiary/aromatic N) is 3. The van der Waals surface area contributed by atoms with Crippen molar-refractivity contribution in [3.05, 3.63) is 30.5 Å². The molecule has 0 aliphatic carbocycles. The van der Waals surface area contributed by atoms with Gasteiger partial charge in [0.15, 0.2) is 5.82 Å². The van der Waals surface area contributed by atoms with E-state index in [9.17, 15) is 0 Å². The number of hydrogen-bond acceptors (Lipinski definition) is 4. The van der Waals surface area contributed by atoms with Crippen molar-refractivity contribution in [1.29, 1.82) is 0 Å². The molecule has 1 aromatic heterocycles. The molecule has 4 nitrogen and oxygen atoms in total. The number of hydrogen-bond donors (Lipinski definition) is 1. The van der Waals surface area contributed by atoms with Crippen molar-refractivity contribution in [2.75, 3.05) is 5.43 Å². The Morgan fingerprint density at radius 1 is 1.40 bits per heavy atom. The van der Waals surface area contributed by atoms with Crippen LogP contribution in [0.4, 0.5) is 5.82 Å². The van der Waals surface area contributed by atoms with Crippen LogP contribution in [0.15, 0.2) is 35.6 Å². The van der Waals surface area contributed by atoms with Gasteiger partial charge in [0.1, 0.15) is 0 Å². The molecule has 0 atom stereocenters. The topological polar surface area (TPSA) is 50.2 Å². The van der Waals surface area contributed by atoms with E-state index in [0.29, 0.717) is 5.82 Å². The van der Waals surface area contributed by atoms with Gasteiger partial charge in [0.25, 0.3) is 0 Å². The smallest absolute Gasteiger partial charge is 0.176 e. The summed E-state index contributed by atoms with van der Waals surface area (Å²) in [6, 6.07) is 7.94. The van der Waals surface area contributed by atoms with Crippen molar-refractivity contribution in [3.63, 3.8) is 0 Å². The summed E-state index contributed by atoms with van der Waals surface area (Å²) in [5.41, 5.74) is 2.88.